The molecule has 0 fully saturated rings. The van der Waals surface area contributed by atoms with Crippen LogP contribution in [0.1, 0.15) is 33.6 Å². The molecule has 0 N–H and O–H groups in total. The van der Waals surface area contributed by atoms with E-state index in [9.17, 15) is 0 Å². The molecule has 4 nitrogen and oxygen atoms in total. The smallest absolute Gasteiger partial charge is 0.146 e. The minimum Gasteiger partial charge on any atom is -0.423 e. The Labute approximate surface area is 109 Å². The number of hydrogen-bond donors (Lipinski definition) is 0. The number of methoxy groups -OCH3 is 2. The van der Waals surface area contributed by atoms with Gasteiger partial charge in [-0.05, 0) is 20.3 Å². The van der Waals surface area contributed by atoms with E-state index in [2.05, 4.69) is 20.8 Å². The molecule has 0 saturated carbocycles. The Morgan fingerprint density at radius 3 is 2.18 bits per heavy atom. The zero-order chi connectivity index (χ0) is 13.3. The van der Waals surface area contributed by atoms with E-state index in [-0.39, 0.29) is 17.8 Å². The second kappa shape index (κ2) is 9.05. The molecule has 5 heteroatoms. The van der Waals surface area contributed by atoms with Gasteiger partial charge in [-0.15, -0.1) is 0 Å². The second-order valence-electron chi connectivity index (χ2n) is 4.84. The van der Waals surface area contributed by atoms with Gasteiger partial charge in [-0.1, -0.05) is 6.92 Å². The van der Waals surface area contributed by atoms with Crippen molar-refractivity contribution in [1.29, 1.82) is 0 Å². The van der Waals surface area contributed by atoms with Crippen LogP contribution in [0.25, 0.3) is 0 Å². The molecular weight excluding hydrogens is 236 g/mol. The minimum atomic E-state index is -0.0866. The quantitative estimate of drug-likeness (QED) is 0.550. The van der Waals surface area contributed by atoms with E-state index in [1.165, 1.54) is 0 Å². The Balaban J connectivity index is 4.04. The van der Waals surface area contributed by atoms with Crippen LogP contribution in [0, 0.1) is 0 Å². The van der Waals surface area contributed by atoms with Gasteiger partial charge in [0, 0.05) is 20.6 Å². The summed E-state index contributed by atoms with van der Waals surface area (Å²) in [7, 11) is 4.11. The molecule has 0 aromatic heterocycles. The van der Waals surface area contributed by atoms with Gasteiger partial charge in [0.15, 0.2) is 0 Å². The van der Waals surface area contributed by atoms with Gasteiger partial charge in [0.25, 0.3) is 0 Å². The number of hydrogen-bond acceptors (Lipinski definition) is 4. The Kier molecular flexibility index (Phi) is 9.08. The van der Waals surface area contributed by atoms with Crippen molar-refractivity contribution in [1.82, 2.24) is 0 Å². The summed E-state index contributed by atoms with van der Waals surface area (Å²) in [5, 5.41) is 0. The Morgan fingerprint density at radius 1 is 1.12 bits per heavy atom. The summed E-state index contributed by atoms with van der Waals surface area (Å²) in [6.07, 6.45) is 2.12. The van der Waals surface area contributed by atoms with Crippen molar-refractivity contribution in [2.24, 2.45) is 0 Å². The third kappa shape index (κ3) is 7.89. The van der Waals surface area contributed by atoms with Gasteiger partial charge in [0.05, 0.1) is 24.9 Å². The van der Waals surface area contributed by atoms with Crippen LogP contribution in [-0.2, 0) is 18.6 Å². The van der Waals surface area contributed by atoms with Crippen molar-refractivity contribution in [3.63, 3.8) is 0 Å². The summed E-state index contributed by atoms with van der Waals surface area (Å²) < 4.78 is 21.7. The fraction of sp³-hybridized carbons (Fsp3) is 1.00. The first kappa shape index (κ1) is 17.1. The van der Waals surface area contributed by atoms with Gasteiger partial charge in [0.2, 0.25) is 0 Å². The van der Waals surface area contributed by atoms with Gasteiger partial charge in [-0.25, -0.2) is 0 Å². The molecule has 0 bridgehead atoms. The maximum Gasteiger partial charge on any atom is 0.146 e. The minimum absolute atomic E-state index is 0.00841. The lowest BCUT2D eigenvalue weighted by atomic mass is 9.99. The average Bonchev–Trinajstić information content (AvgIpc) is 2.32. The zero-order valence-electron chi connectivity index (χ0n) is 12.1. The SMILES string of the molecule is CCC(CC(C)(C)O[SiH3])OCC(COC)OC. The van der Waals surface area contributed by atoms with Crippen LogP contribution >= 0.6 is 0 Å². The maximum atomic E-state index is 5.86. The Hall–Kier alpha value is 0.0569. The molecule has 0 rings (SSSR count). The van der Waals surface area contributed by atoms with Crippen LogP contribution in [0.5, 0.6) is 0 Å². The van der Waals surface area contributed by atoms with Gasteiger partial charge in [-0.3, -0.25) is 0 Å². The highest BCUT2D eigenvalue weighted by Crippen LogP contribution is 2.19. The number of ether oxygens (including phenoxy) is 3. The third-order valence-corrected chi connectivity index (χ3v) is 4.04. The highest BCUT2D eigenvalue weighted by atomic mass is 28.2. The van der Waals surface area contributed by atoms with E-state index in [0.29, 0.717) is 13.2 Å². The van der Waals surface area contributed by atoms with E-state index in [1.807, 2.05) is 0 Å². The van der Waals surface area contributed by atoms with Crippen LogP contribution < -0.4 is 0 Å². The molecule has 17 heavy (non-hydrogen) atoms. The highest BCUT2D eigenvalue weighted by molar-refractivity contribution is 5.98. The summed E-state index contributed by atoms with van der Waals surface area (Å²) in [5.74, 6) is 0. The van der Waals surface area contributed by atoms with Crippen LogP contribution in [0.15, 0.2) is 0 Å². The molecule has 0 spiro atoms. The van der Waals surface area contributed by atoms with Crippen molar-refractivity contribution in [2.45, 2.75) is 51.4 Å². The van der Waals surface area contributed by atoms with Crippen LogP contribution in [0.4, 0.5) is 0 Å². The van der Waals surface area contributed by atoms with E-state index >= 15 is 0 Å². The van der Waals surface area contributed by atoms with Gasteiger partial charge < -0.3 is 18.6 Å². The molecule has 0 aromatic carbocycles. The van der Waals surface area contributed by atoms with Crippen LogP contribution in [0.3, 0.4) is 0 Å². The van der Waals surface area contributed by atoms with Crippen molar-refractivity contribution in [2.75, 3.05) is 27.4 Å². The summed E-state index contributed by atoms with van der Waals surface area (Å²) in [6.45, 7) is 7.48. The van der Waals surface area contributed by atoms with Crippen molar-refractivity contribution in [3.8, 4) is 0 Å². The molecule has 0 amide bonds. The first-order chi connectivity index (χ1) is 7.99. The van der Waals surface area contributed by atoms with Crippen molar-refractivity contribution >= 4 is 10.5 Å². The van der Waals surface area contributed by atoms with E-state index in [0.717, 1.165) is 23.3 Å². The summed E-state index contributed by atoms with van der Waals surface area (Å²) in [5.41, 5.74) is -0.0866. The van der Waals surface area contributed by atoms with E-state index in [4.69, 9.17) is 18.6 Å². The predicted molar refractivity (Wildman–Crippen MR) is 72.4 cm³/mol. The number of rotatable bonds is 10. The molecule has 0 radical (unpaired) electrons. The summed E-state index contributed by atoms with van der Waals surface area (Å²) >= 11 is 0. The van der Waals surface area contributed by atoms with E-state index < -0.39 is 0 Å². The monoisotopic (exact) mass is 264 g/mol. The third-order valence-electron chi connectivity index (χ3n) is 2.93. The van der Waals surface area contributed by atoms with Crippen molar-refractivity contribution in [3.05, 3.63) is 0 Å². The lowest BCUT2D eigenvalue weighted by Gasteiger charge is -2.29. The predicted octanol–water partition coefficient (Wildman–Crippen LogP) is 0.909. The molecular formula is C12H28O4Si. The van der Waals surface area contributed by atoms with Gasteiger partial charge in [0.1, 0.15) is 16.6 Å². The molecule has 0 aliphatic rings. The largest absolute Gasteiger partial charge is 0.423 e. The summed E-state index contributed by atoms with van der Waals surface area (Å²) in [4.78, 5) is 0. The normalized spacial score (nSPS) is 16.1. The summed E-state index contributed by atoms with van der Waals surface area (Å²) in [6, 6.07) is 0. The zero-order valence-corrected chi connectivity index (χ0v) is 14.1. The van der Waals surface area contributed by atoms with Crippen molar-refractivity contribution < 1.29 is 18.6 Å². The van der Waals surface area contributed by atoms with E-state index in [1.54, 1.807) is 14.2 Å². The molecule has 0 heterocycles. The fourth-order valence-electron chi connectivity index (χ4n) is 1.57. The lowest BCUT2D eigenvalue weighted by molar-refractivity contribution is -0.0709. The molecule has 2 unspecified atom stereocenters. The highest BCUT2D eigenvalue weighted by Gasteiger charge is 2.22. The Morgan fingerprint density at radius 2 is 1.76 bits per heavy atom. The van der Waals surface area contributed by atoms with Crippen LogP contribution in [0.2, 0.25) is 0 Å². The molecule has 0 saturated heterocycles. The first-order valence-corrected chi connectivity index (χ1v) is 6.99. The molecule has 0 aromatic rings. The molecule has 2 atom stereocenters. The average molecular weight is 264 g/mol. The lowest BCUT2D eigenvalue weighted by Crippen LogP contribution is -2.33. The topological polar surface area (TPSA) is 36.9 Å². The standard InChI is InChI=1S/C12H28O4Si/c1-6-10(7-12(2,3)16-17)15-9-11(14-5)8-13-4/h10-11H,6-9H2,1-5,17H3. The maximum absolute atomic E-state index is 5.86. The molecule has 104 valence electrons. The molecule has 0 aliphatic heterocycles. The second-order valence-corrected chi connectivity index (χ2v) is 5.25. The van der Waals surface area contributed by atoms with Gasteiger partial charge >= 0.3 is 0 Å². The van der Waals surface area contributed by atoms with Crippen LogP contribution in [-0.4, -0.2) is 55.7 Å². The molecule has 0 aliphatic carbocycles. The fourth-order valence-corrected chi connectivity index (χ4v) is 1.73. The Bertz CT molecular complexity index is 187. The first-order valence-electron chi connectivity index (χ1n) is 6.17. The van der Waals surface area contributed by atoms with Gasteiger partial charge in [-0.2, -0.15) is 0 Å².